The van der Waals surface area contributed by atoms with Gasteiger partial charge in [-0.1, -0.05) is 72.3 Å². The molecule has 0 saturated carbocycles. The van der Waals surface area contributed by atoms with Crippen LogP contribution in [0.4, 0.5) is 5.69 Å². The van der Waals surface area contributed by atoms with E-state index < -0.39 is 12.1 Å². The number of aldehydes is 1. The Balaban J connectivity index is 1.62. The van der Waals surface area contributed by atoms with Crippen molar-refractivity contribution in [2.45, 2.75) is 26.0 Å². The molecule has 1 aliphatic heterocycles. The maximum absolute atomic E-state index is 13.9. The van der Waals surface area contributed by atoms with Crippen molar-refractivity contribution in [2.24, 2.45) is 0 Å². The summed E-state index contributed by atoms with van der Waals surface area (Å²) in [6.07, 6.45) is 1.93. The van der Waals surface area contributed by atoms with E-state index in [2.05, 4.69) is 5.32 Å². The van der Waals surface area contributed by atoms with Gasteiger partial charge in [0.25, 0.3) is 0 Å². The fourth-order valence-corrected chi connectivity index (χ4v) is 5.20. The van der Waals surface area contributed by atoms with Gasteiger partial charge in [0.15, 0.2) is 12.4 Å². The van der Waals surface area contributed by atoms with E-state index >= 15 is 0 Å². The van der Waals surface area contributed by atoms with Crippen molar-refractivity contribution in [3.63, 3.8) is 0 Å². The number of rotatable bonds is 5. The molecule has 6 rings (SSSR count). The monoisotopic (exact) mass is 486 g/mol. The van der Waals surface area contributed by atoms with Crippen molar-refractivity contribution < 1.29 is 14.3 Å². The lowest BCUT2D eigenvalue weighted by atomic mass is 9.88. The molecule has 0 bridgehead atoms. The third-order valence-electron chi connectivity index (χ3n) is 7.01. The number of carbonyl (C=O) groups excluding carboxylic acids is 2. The topological polar surface area (TPSA) is 59.8 Å². The van der Waals surface area contributed by atoms with E-state index in [0.29, 0.717) is 17.0 Å². The number of ketones is 1. The van der Waals surface area contributed by atoms with Crippen LogP contribution in [0.25, 0.3) is 16.6 Å². The Labute approximate surface area is 215 Å². The van der Waals surface area contributed by atoms with E-state index in [1.54, 1.807) is 0 Å². The molecule has 2 atom stereocenters. The predicted molar refractivity (Wildman–Crippen MR) is 146 cm³/mol. The summed E-state index contributed by atoms with van der Waals surface area (Å²) in [5, 5.41) is 3.62. The minimum Gasteiger partial charge on any atom is -0.478 e. The Morgan fingerprint density at radius 1 is 0.892 bits per heavy atom. The SMILES string of the molecule is Cc1ccc(-c2c([C@@H]3Nc4ccc(C)cc4O[C@H]3C(=O)c3ccccc3)c3ccccn3c2C=O)cc1. The van der Waals surface area contributed by atoms with E-state index in [-0.39, 0.29) is 5.78 Å². The highest BCUT2D eigenvalue weighted by atomic mass is 16.5. The van der Waals surface area contributed by atoms with Crippen LogP contribution in [0, 0.1) is 13.8 Å². The number of fused-ring (bicyclic) bond motifs is 2. The second-order valence-electron chi connectivity index (χ2n) is 9.50. The number of hydrogen-bond donors (Lipinski definition) is 1. The molecule has 0 radical (unpaired) electrons. The third kappa shape index (κ3) is 3.89. The molecular formula is C32H26N2O3. The number of pyridine rings is 1. The van der Waals surface area contributed by atoms with E-state index in [0.717, 1.165) is 45.3 Å². The smallest absolute Gasteiger partial charge is 0.205 e. The average Bonchev–Trinajstić information content (AvgIpc) is 3.27. The zero-order chi connectivity index (χ0) is 25.5. The summed E-state index contributed by atoms with van der Waals surface area (Å²) in [5.41, 5.74) is 7.51. The van der Waals surface area contributed by atoms with Crippen molar-refractivity contribution in [3.05, 3.63) is 125 Å². The van der Waals surface area contributed by atoms with Crippen molar-refractivity contribution in [1.29, 1.82) is 0 Å². The first-order chi connectivity index (χ1) is 18.0. The molecule has 1 aliphatic rings. The molecule has 0 spiro atoms. The summed E-state index contributed by atoms with van der Waals surface area (Å²) in [6, 6.07) is 28.6. The summed E-state index contributed by atoms with van der Waals surface area (Å²) < 4.78 is 8.38. The highest BCUT2D eigenvalue weighted by Crippen LogP contribution is 2.45. The second-order valence-corrected chi connectivity index (χ2v) is 9.50. The van der Waals surface area contributed by atoms with Crippen molar-refractivity contribution in [1.82, 2.24) is 4.40 Å². The van der Waals surface area contributed by atoms with Gasteiger partial charge in [-0.3, -0.25) is 9.59 Å². The van der Waals surface area contributed by atoms with Crippen LogP contribution in [-0.4, -0.2) is 22.6 Å². The van der Waals surface area contributed by atoms with Gasteiger partial charge in [-0.15, -0.1) is 0 Å². The standard InChI is InChI=1S/C32H26N2O3/c1-20-11-14-22(15-12-20)28-26(19-35)34-17-7-6-10-25(34)29(28)30-32(31(36)23-8-4-3-5-9-23)37-27-18-21(2)13-16-24(27)33-30/h3-19,30,32-33H,1-2H3/t30-,32+/m0/s1. The van der Waals surface area contributed by atoms with Crippen LogP contribution in [0.3, 0.4) is 0 Å². The number of carbonyl (C=O) groups is 2. The maximum Gasteiger partial charge on any atom is 0.205 e. The Hall–Kier alpha value is -4.64. The van der Waals surface area contributed by atoms with Crippen LogP contribution in [0.1, 0.15) is 43.6 Å². The number of aryl methyl sites for hydroxylation is 2. The molecule has 0 unspecified atom stereocenters. The van der Waals surface area contributed by atoms with Gasteiger partial charge in [0.2, 0.25) is 5.78 Å². The van der Waals surface area contributed by atoms with Gasteiger partial charge in [0, 0.05) is 22.9 Å². The lowest BCUT2D eigenvalue weighted by molar-refractivity contribution is 0.0746. The van der Waals surface area contributed by atoms with E-state index in [4.69, 9.17) is 4.74 Å². The largest absolute Gasteiger partial charge is 0.478 e. The zero-order valence-corrected chi connectivity index (χ0v) is 20.6. The zero-order valence-electron chi connectivity index (χ0n) is 20.6. The Kier molecular flexibility index (Phi) is 5.61. The molecule has 5 aromatic rings. The van der Waals surface area contributed by atoms with Crippen LogP contribution < -0.4 is 10.1 Å². The van der Waals surface area contributed by atoms with Gasteiger partial charge in [0.05, 0.1) is 22.9 Å². The van der Waals surface area contributed by atoms with E-state index in [1.165, 1.54) is 0 Å². The normalized spacial score (nSPS) is 16.5. The molecule has 0 fully saturated rings. The number of Topliss-reactive ketones (excluding diaryl/α,β-unsaturated/α-hetero) is 1. The first-order valence-electron chi connectivity index (χ1n) is 12.3. The minimum atomic E-state index is -0.841. The fraction of sp³-hybridized carbons (Fsp3) is 0.125. The molecule has 37 heavy (non-hydrogen) atoms. The summed E-state index contributed by atoms with van der Waals surface area (Å²) in [4.78, 5) is 26.5. The van der Waals surface area contributed by atoms with E-state index in [1.807, 2.05) is 115 Å². The van der Waals surface area contributed by atoms with Gasteiger partial charge < -0.3 is 14.5 Å². The summed E-state index contributed by atoms with van der Waals surface area (Å²) in [6.45, 7) is 4.03. The van der Waals surface area contributed by atoms with Crippen molar-refractivity contribution in [2.75, 3.05) is 5.32 Å². The van der Waals surface area contributed by atoms with Crippen molar-refractivity contribution in [3.8, 4) is 16.9 Å². The van der Waals surface area contributed by atoms with Gasteiger partial charge >= 0.3 is 0 Å². The number of hydrogen-bond acceptors (Lipinski definition) is 4. The first kappa shape index (κ1) is 22.8. The number of ether oxygens (including phenoxy) is 1. The van der Waals surface area contributed by atoms with Gasteiger partial charge in [-0.2, -0.15) is 0 Å². The Morgan fingerprint density at radius 3 is 2.38 bits per heavy atom. The first-order valence-corrected chi connectivity index (χ1v) is 12.3. The Bertz CT molecular complexity index is 1630. The quantitative estimate of drug-likeness (QED) is 0.218. The number of anilines is 1. The average molecular weight is 487 g/mol. The van der Waals surface area contributed by atoms with Crippen LogP contribution >= 0.6 is 0 Å². The van der Waals surface area contributed by atoms with Gasteiger partial charge in [0.1, 0.15) is 5.75 Å². The van der Waals surface area contributed by atoms with Crippen LogP contribution in [0.5, 0.6) is 5.75 Å². The summed E-state index contributed by atoms with van der Waals surface area (Å²) in [5.74, 6) is 0.518. The second kappa shape index (κ2) is 9.10. The Morgan fingerprint density at radius 2 is 1.62 bits per heavy atom. The molecular weight excluding hydrogens is 460 g/mol. The van der Waals surface area contributed by atoms with Gasteiger partial charge in [-0.25, -0.2) is 0 Å². The molecule has 3 aromatic carbocycles. The van der Waals surface area contributed by atoms with Crippen LogP contribution in [0.15, 0.2) is 97.2 Å². The highest BCUT2D eigenvalue weighted by molar-refractivity contribution is 6.02. The van der Waals surface area contributed by atoms with Crippen molar-refractivity contribution >= 4 is 23.3 Å². The molecule has 2 aromatic heterocycles. The van der Waals surface area contributed by atoms with Crippen LogP contribution in [-0.2, 0) is 0 Å². The molecule has 0 aliphatic carbocycles. The molecule has 182 valence electrons. The van der Waals surface area contributed by atoms with Gasteiger partial charge in [-0.05, 0) is 49.2 Å². The fourth-order valence-electron chi connectivity index (χ4n) is 5.20. The molecule has 0 amide bonds. The highest BCUT2D eigenvalue weighted by Gasteiger charge is 2.40. The predicted octanol–water partition coefficient (Wildman–Crippen LogP) is 6.83. The number of benzene rings is 3. The van der Waals surface area contributed by atoms with E-state index in [9.17, 15) is 9.59 Å². The number of aromatic nitrogens is 1. The lowest BCUT2D eigenvalue weighted by Gasteiger charge is -2.35. The molecule has 5 heteroatoms. The lowest BCUT2D eigenvalue weighted by Crippen LogP contribution is -2.41. The molecule has 3 heterocycles. The molecule has 5 nitrogen and oxygen atoms in total. The summed E-state index contributed by atoms with van der Waals surface area (Å²) >= 11 is 0. The third-order valence-corrected chi connectivity index (χ3v) is 7.01. The number of nitrogens with zero attached hydrogens (tertiary/aromatic N) is 1. The van der Waals surface area contributed by atoms with Crippen LogP contribution in [0.2, 0.25) is 0 Å². The maximum atomic E-state index is 13.9. The molecule has 1 N–H and O–H groups in total. The minimum absolute atomic E-state index is 0.122. The molecule has 0 saturated heterocycles. The number of nitrogens with one attached hydrogen (secondary N) is 1. The summed E-state index contributed by atoms with van der Waals surface area (Å²) in [7, 11) is 0.